The van der Waals surface area contributed by atoms with Crippen LogP contribution in [-0.2, 0) is 4.74 Å². The second-order valence-corrected chi connectivity index (χ2v) is 11.5. The van der Waals surface area contributed by atoms with E-state index in [-0.39, 0.29) is 0 Å². The molecule has 2 N–H and O–H groups in total. The number of hydrogen-bond donors (Lipinski definition) is 2. The zero-order valence-electron chi connectivity index (χ0n) is 22.0. The predicted octanol–water partition coefficient (Wildman–Crippen LogP) is 4.22. The molecule has 0 spiro atoms. The third-order valence-electron chi connectivity index (χ3n) is 8.83. The van der Waals surface area contributed by atoms with Crippen molar-refractivity contribution in [3.63, 3.8) is 0 Å². The third-order valence-corrected chi connectivity index (χ3v) is 8.83. The van der Waals surface area contributed by atoms with Gasteiger partial charge in [0.25, 0.3) is 0 Å². The van der Waals surface area contributed by atoms with Crippen LogP contribution >= 0.6 is 0 Å². The van der Waals surface area contributed by atoms with Crippen molar-refractivity contribution in [3.05, 3.63) is 61.2 Å². The third kappa shape index (κ3) is 3.74. The smallest absolute Gasteiger partial charge is 0.198 e. The lowest BCUT2D eigenvalue weighted by Gasteiger charge is -2.43. The highest BCUT2D eigenvalue weighted by atomic mass is 16.5. The van der Waals surface area contributed by atoms with Gasteiger partial charge in [-0.3, -0.25) is 4.90 Å². The molecule has 6 heterocycles. The molecule has 5 aromatic rings. The number of anilines is 3. The summed E-state index contributed by atoms with van der Waals surface area (Å²) < 4.78 is 13.7. The van der Waals surface area contributed by atoms with E-state index in [9.17, 15) is 0 Å². The molecule has 10 heteroatoms. The van der Waals surface area contributed by atoms with Gasteiger partial charge in [0, 0.05) is 54.2 Å². The molecule has 9 rings (SSSR count). The van der Waals surface area contributed by atoms with Gasteiger partial charge in [-0.05, 0) is 48.9 Å². The standard InChI is InChI=1S/C30H30N8O2/c1-2-19(9-25-18(1)7-8-31-25)26-14-38-30(32-17-33-38)29(35-26)34-20-3-6-27(28(10-20)40-24-4-5-24)37-13-21-11-22(37)12-36(21)23-15-39-16-23/h1-3,6-10,14,17,21-24,31H,4-5,11-13,15-16H2,(H,34,35). The molecule has 2 bridgehead atoms. The Kier molecular flexibility index (Phi) is 4.91. The molecule has 2 unspecified atom stereocenters. The Morgan fingerprint density at radius 1 is 1.00 bits per heavy atom. The van der Waals surface area contributed by atoms with Crippen LogP contribution in [0.5, 0.6) is 5.75 Å². The van der Waals surface area contributed by atoms with Crippen molar-refractivity contribution in [2.45, 2.75) is 43.5 Å². The lowest BCUT2D eigenvalue weighted by Crippen LogP contribution is -2.56. The molecular formula is C30H30N8O2. The van der Waals surface area contributed by atoms with Gasteiger partial charge < -0.3 is 24.7 Å². The first-order valence-corrected chi connectivity index (χ1v) is 14.2. The van der Waals surface area contributed by atoms with Gasteiger partial charge in [-0.2, -0.15) is 5.10 Å². The van der Waals surface area contributed by atoms with Gasteiger partial charge in [-0.15, -0.1) is 0 Å². The summed E-state index contributed by atoms with van der Waals surface area (Å²) in [6.45, 7) is 3.92. The normalized spacial score (nSPS) is 22.9. The molecule has 3 saturated heterocycles. The first-order valence-electron chi connectivity index (χ1n) is 14.2. The van der Waals surface area contributed by atoms with Crippen LogP contribution in [0.25, 0.3) is 27.8 Å². The molecular weight excluding hydrogens is 504 g/mol. The number of hydrogen-bond acceptors (Lipinski definition) is 8. The van der Waals surface area contributed by atoms with E-state index in [0.717, 1.165) is 67.4 Å². The summed E-state index contributed by atoms with van der Waals surface area (Å²) in [6, 6.07) is 16.6. The SMILES string of the molecule is c1nc2c(Nc3ccc(N4CC5CC4CN5C4COC4)c(OC4CC4)c3)nc(-c3ccc4cc[nH]c4c3)cn2n1. The molecule has 4 aliphatic rings. The summed E-state index contributed by atoms with van der Waals surface area (Å²) in [5, 5.41) is 9.12. The number of ether oxygens (including phenoxy) is 2. The van der Waals surface area contributed by atoms with E-state index in [0.29, 0.717) is 35.7 Å². The van der Waals surface area contributed by atoms with Crippen LogP contribution in [0.15, 0.2) is 61.2 Å². The minimum atomic E-state index is 0.310. The fraction of sp³-hybridized carbons (Fsp3) is 0.367. The number of aromatic nitrogens is 5. The summed E-state index contributed by atoms with van der Waals surface area (Å²) in [7, 11) is 0. The fourth-order valence-corrected chi connectivity index (χ4v) is 6.54. The summed E-state index contributed by atoms with van der Waals surface area (Å²) in [5.41, 5.74) is 5.70. The number of H-pyrrole nitrogens is 1. The summed E-state index contributed by atoms with van der Waals surface area (Å²) in [5.74, 6) is 1.61. The van der Waals surface area contributed by atoms with Crippen molar-refractivity contribution in [3.8, 4) is 17.0 Å². The first-order chi connectivity index (χ1) is 19.7. The van der Waals surface area contributed by atoms with E-state index >= 15 is 0 Å². The van der Waals surface area contributed by atoms with Gasteiger partial charge in [0.2, 0.25) is 0 Å². The van der Waals surface area contributed by atoms with E-state index in [2.05, 4.69) is 72.6 Å². The highest BCUT2D eigenvalue weighted by molar-refractivity contribution is 5.85. The maximum Gasteiger partial charge on any atom is 0.198 e. The second-order valence-electron chi connectivity index (χ2n) is 11.5. The van der Waals surface area contributed by atoms with Crippen LogP contribution in [0.1, 0.15) is 19.3 Å². The Labute approximate surface area is 230 Å². The van der Waals surface area contributed by atoms with Crippen molar-refractivity contribution in [1.82, 2.24) is 29.5 Å². The number of likely N-dealkylation sites (tertiary alicyclic amines) is 1. The summed E-state index contributed by atoms with van der Waals surface area (Å²) in [4.78, 5) is 18.0. The van der Waals surface area contributed by atoms with Crippen molar-refractivity contribution in [2.75, 3.05) is 36.5 Å². The number of aromatic amines is 1. The number of benzene rings is 2. The number of fused-ring (bicyclic) bond motifs is 4. The van der Waals surface area contributed by atoms with E-state index in [1.807, 2.05) is 12.4 Å². The molecule has 0 amide bonds. The first kappa shape index (κ1) is 22.6. The van der Waals surface area contributed by atoms with Crippen LogP contribution in [-0.4, -0.2) is 80.0 Å². The van der Waals surface area contributed by atoms with Crippen molar-refractivity contribution >= 4 is 33.7 Å². The van der Waals surface area contributed by atoms with Crippen molar-refractivity contribution < 1.29 is 9.47 Å². The molecule has 202 valence electrons. The highest BCUT2D eigenvalue weighted by Gasteiger charge is 2.47. The van der Waals surface area contributed by atoms with Crippen LogP contribution in [0.2, 0.25) is 0 Å². The minimum absolute atomic E-state index is 0.310. The van der Waals surface area contributed by atoms with Crippen LogP contribution in [0.3, 0.4) is 0 Å². The molecule has 0 radical (unpaired) electrons. The van der Waals surface area contributed by atoms with Crippen LogP contribution in [0.4, 0.5) is 17.2 Å². The molecule has 2 atom stereocenters. The van der Waals surface area contributed by atoms with Crippen LogP contribution < -0.4 is 15.0 Å². The van der Waals surface area contributed by atoms with Crippen molar-refractivity contribution in [1.29, 1.82) is 0 Å². The van der Waals surface area contributed by atoms with Gasteiger partial charge in [0.05, 0.1) is 42.9 Å². The summed E-state index contributed by atoms with van der Waals surface area (Å²) in [6.07, 6.45) is 9.20. The average Bonchev–Trinajstić information content (AvgIpc) is 3.35. The largest absolute Gasteiger partial charge is 0.488 e. The van der Waals surface area contributed by atoms with Gasteiger partial charge in [0.15, 0.2) is 11.5 Å². The van der Waals surface area contributed by atoms with E-state index in [1.54, 1.807) is 10.8 Å². The van der Waals surface area contributed by atoms with E-state index < -0.39 is 0 Å². The maximum atomic E-state index is 6.49. The monoisotopic (exact) mass is 534 g/mol. The Hall–Kier alpha value is -4.15. The Balaban J connectivity index is 1.04. The van der Waals surface area contributed by atoms with Gasteiger partial charge in [-0.1, -0.05) is 12.1 Å². The number of nitrogens with zero attached hydrogens (tertiary/aromatic N) is 6. The molecule has 4 fully saturated rings. The Morgan fingerprint density at radius 2 is 1.95 bits per heavy atom. The molecule has 10 nitrogen and oxygen atoms in total. The van der Waals surface area contributed by atoms with Gasteiger partial charge in [0.1, 0.15) is 12.1 Å². The fourth-order valence-electron chi connectivity index (χ4n) is 6.54. The van der Waals surface area contributed by atoms with Crippen molar-refractivity contribution in [2.24, 2.45) is 0 Å². The Morgan fingerprint density at radius 3 is 2.77 bits per heavy atom. The molecule has 3 aromatic heterocycles. The second kappa shape index (κ2) is 8.67. The topological polar surface area (TPSA) is 95.8 Å². The zero-order valence-corrected chi connectivity index (χ0v) is 22.0. The summed E-state index contributed by atoms with van der Waals surface area (Å²) >= 11 is 0. The van der Waals surface area contributed by atoms with Gasteiger partial charge in [-0.25, -0.2) is 14.5 Å². The highest BCUT2D eigenvalue weighted by Crippen LogP contribution is 2.43. The minimum Gasteiger partial charge on any atom is -0.488 e. The van der Waals surface area contributed by atoms with E-state index in [1.165, 1.54) is 17.5 Å². The number of piperazine rings is 1. The maximum absolute atomic E-state index is 6.49. The zero-order chi connectivity index (χ0) is 26.2. The molecule has 1 saturated carbocycles. The molecule has 1 aliphatic carbocycles. The predicted molar refractivity (Wildman–Crippen MR) is 152 cm³/mol. The lowest BCUT2D eigenvalue weighted by atomic mass is 10.1. The molecule has 40 heavy (non-hydrogen) atoms. The number of rotatable bonds is 7. The Bertz CT molecular complexity index is 1740. The van der Waals surface area contributed by atoms with Crippen LogP contribution in [0, 0.1) is 0 Å². The molecule has 2 aromatic carbocycles. The van der Waals surface area contributed by atoms with E-state index in [4.69, 9.17) is 14.5 Å². The average molecular weight is 535 g/mol. The lowest BCUT2D eigenvalue weighted by molar-refractivity contribution is -0.0708. The molecule has 3 aliphatic heterocycles. The quantitative estimate of drug-likeness (QED) is 0.321. The van der Waals surface area contributed by atoms with Gasteiger partial charge >= 0.3 is 0 Å². The number of nitrogens with one attached hydrogen (secondary N) is 2.